The predicted molar refractivity (Wildman–Crippen MR) is 39.2 cm³/mol. The quantitative estimate of drug-likeness (QED) is 0.504. The number of hydrogen-bond acceptors (Lipinski definition) is 0. The van der Waals surface area contributed by atoms with Crippen molar-refractivity contribution in [2.24, 2.45) is 5.92 Å². The summed E-state index contributed by atoms with van der Waals surface area (Å²) in [6, 6.07) is 0. The molecule has 0 aromatic carbocycles. The van der Waals surface area contributed by atoms with Gasteiger partial charge >= 0.3 is 0 Å². The first-order valence-electron chi connectivity index (χ1n) is 3.36. The van der Waals surface area contributed by atoms with Gasteiger partial charge in [-0.3, -0.25) is 0 Å². The largest absolute Gasteiger partial charge is 0.247 e. The highest BCUT2D eigenvalue weighted by Gasteiger charge is 2.10. The van der Waals surface area contributed by atoms with Crippen molar-refractivity contribution < 1.29 is 4.39 Å². The van der Waals surface area contributed by atoms with E-state index in [9.17, 15) is 4.39 Å². The van der Waals surface area contributed by atoms with Crippen LogP contribution in [0.4, 0.5) is 4.39 Å². The molecule has 54 valence electrons. The Bertz CT molecular complexity index is 103. The Balaban J connectivity index is 3.88. The average Bonchev–Trinajstić information content (AvgIpc) is 1.84. The molecule has 0 aromatic heterocycles. The molecule has 0 rings (SSSR count). The third-order valence-corrected chi connectivity index (χ3v) is 1.86. The van der Waals surface area contributed by atoms with Crippen LogP contribution in [0.1, 0.15) is 27.7 Å². The molecule has 0 aliphatic carbocycles. The fraction of sp³-hybridized carbons (Fsp3) is 0.750. The molecule has 0 aromatic rings. The van der Waals surface area contributed by atoms with Crippen LogP contribution < -0.4 is 0 Å². The van der Waals surface area contributed by atoms with E-state index in [4.69, 9.17) is 0 Å². The van der Waals surface area contributed by atoms with Crippen LogP contribution in [-0.2, 0) is 0 Å². The molecule has 0 unspecified atom stereocenters. The maximum Gasteiger partial charge on any atom is 0.104 e. The molecule has 0 saturated heterocycles. The second kappa shape index (κ2) is 3.65. The first-order chi connectivity index (χ1) is 4.09. The molecule has 0 aliphatic rings. The molecule has 1 heteroatoms. The third kappa shape index (κ3) is 2.64. The molecule has 0 amide bonds. The minimum Gasteiger partial charge on any atom is -0.247 e. The summed E-state index contributed by atoms with van der Waals surface area (Å²) in [5.41, 5.74) is 1.13. The van der Waals surface area contributed by atoms with E-state index in [2.05, 4.69) is 0 Å². The van der Waals surface area contributed by atoms with Gasteiger partial charge in [0.15, 0.2) is 0 Å². The zero-order valence-corrected chi connectivity index (χ0v) is 6.61. The lowest BCUT2D eigenvalue weighted by atomic mass is 9.99. The number of hydrogen-bond donors (Lipinski definition) is 0. The second-order valence-electron chi connectivity index (χ2n) is 2.50. The van der Waals surface area contributed by atoms with Gasteiger partial charge in [-0.05, 0) is 20.8 Å². The van der Waals surface area contributed by atoms with E-state index in [0.29, 0.717) is 0 Å². The molecule has 0 radical (unpaired) electrons. The highest BCUT2D eigenvalue weighted by Crippen LogP contribution is 2.15. The molecule has 0 heterocycles. The Kier molecular flexibility index (Phi) is 3.52. The Labute approximate surface area is 56.8 Å². The SMILES string of the molecule is C/C=C(/C)[C@@H](C)[C@@H](C)F. The Morgan fingerprint density at radius 1 is 1.44 bits per heavy atom. The lowest BCUT2D eigenvalue weighted by Gasteiger charge is -2.11. The second-order valence-corrected chi connectivity index (χ2v) is 2.50. The number of halogens is 1. The van der Waals surface area contributed by atoms with Crippen LogP contribution in [0, 0.1) is 5.92 Å². The van der Waals surface area contributed by atoms with Crippen LogP contribution in [0.3, 0.4) is 0 Å². The summed E-state index contributed by atoms with van der Waals surface area (Å²) in [5.74, 6) is 0.0787. The highest BCUT2D eigenvalue weighted by molar-refractivity contribution is 5.01. The minimum absolute atomic E-state index is 0.0787. The summed E-state index contributed by atoms with van der Waals surface area (Å²) >= 11 is 0. The van der Waals surface area contributed by atoms with Gasteiger partial charge in [0.2, 0.25) is 0 Å². The predicted octanol–water partition coefficient (Wildman–Crippen LogP) is 2.95. The van der Waals surface area contributed by atoms with E-state index in [0.717, 1.165) is 5.57 Å². The molecule has 0 aliphatic heterocycles. The molecule has 9 heavy (non-hydrogen) atoms. The molecular formula is C8H15F. The van der Waals surface area contributed by atoms with Gasteiger partial charge in [-0.2, -0.15) is 0 Å². The van der Waals surface area contributed by atoms with Gasteiger partial charge < -0.3 is 0 Å². The fourth-order valence-corrected chi connectivity index (χ4v) is 0.625. The Morgan fingerprint density at radius 3 is 2.00 bits per heavy atom. The molecule has 0 bridgehead atoms. The standard InChI is InChI=1S/C8H15F/c1-5-6(2)7(3)8(4)9/h5,7-8H,1-4H3/b6-5-/t7-,8-/m1/s1. The van der Waals surface area contributed by atoms with Gasteiger partial charge in [0.25, 0.3) is 0 Å². The van der Waals surface area contributed by atoms with Crippen LogP contribution in [0.25, 0.3) is 0 Å². The summed E-state index contributed by atoms with van der Waals surface area (Å²) in [6.07, 6.45) is 1.24. The molecule has 0 N–H and O–H groups in total. The van der Waals surface area contributed by atoms with Crippen molar-refractivity contribution in [1.29, 1.82) is 0 Å². The molecule has 0 spiro atoms. The summed E-state index contributed by atoms with van der Waals surface area (Å²) in [6.45, 7) is 7.40. The molecule has 0 nitrogen and oxygen atoms in total. The van der Waals surface area contributed by atoms with Gasteiger partial charge in [0.05, 0.1) is 0 Å². The Hall–Kier alpha value is -0.330. The highest BCUT2D eigenvalue weighted by atomic mass is 19.1. The normalized spacial score (nSPS) is 19.4. The minimum atomic E-state index is -0.721. The van der Waals surface area contributed by atoms with Gasteiger partial charge in [-0.15, -0.1) is 0 Å². The number of alkyl halides is 1. The maximum atomic E-state index is 12.5. The van der Waals surface area contributed by atoms with Crippen LogP contribution in [0.5, 0.6) is 0 Å². The number of rotatable bonds is 2. The van der Waals surface area contributed by atoms with Crippen LogP contribution in [0.15, 0.2) is 11.6 Å². The van der Waals surface area contributed by atoms with Gasteiger partial charge in [0.1, 0.15) is 6.17 Å². The summed E-state index contributed by atoms with van der Waals surface area (Å²) in [7, 11) is 0. The third-order valence-electron chi connectivity index (χ3n) is 1.86. The maximum absolute atomic E-state index is 12.5. The topological polar surface area (TPSA) is 0 Å². The van der Waals surface area contributed by atoms with Gasteiger partial charge in [-0.1, -0.05) is 18.6 Å². The van der Waals surface area contributed by atoms with Crippen molar-refractivity contribution in [2.45, 2.75) is 33.9 Å². The van der Waals surface area contributed by atoms with E-state index in [1.807, 2.05) is 26.8 Å². The molecular weight excluding hydrogens is 115 g/mol. The van der Waals surface area contributed by atoms with E-state index in [-0.39, 0.29) is 5.92 Å². The first kappa shape index (κ1) is 8.67. The van der Waals surface area contributed by atoms with Crippen molar-refractivity contribution in [3.8, 4) is 0 Å². The Morgan fingerprint density at radius 2 is 1.89 bits per heavy atom. The van der Waals surface area contributed by atoms with E-state index in [1.54, 1.807) is 6.92 Å². The molecule has 2 atom stereocenters. The molecule has 0 fully saturated rings. The van der Waals surface area contributed by atoms with Crippen LogP contribution in [0.2, 0.25) is 0 Å². The fourth-order valence-electron chi connectivity index (χ4n) is 0.625. The van der Waals surface area contributed by atoms with Crippen LogP contribution in [-0.4, -0.2) is 6.17 Å². The van der Waals surface area contributed by atoms with Crippen molar-refractivity contribution in [1.82, 2.24) is 0 Å². The van der Waals surface area contributed by atoms with Crippen molar-refractivity contribution >= 4 is 0 Å². The van der Waals surface area contributed by atoms with Gasteiger partial charge in [0, 0.05) is 5.92 Å². The van der Waals surface area contributed by atoms with Crippen molar-refractivity contribution in [2.75, 3.05) is 0 Å². The van der Waals surface area contributed by atoms with E-state index in [1.165, 1.54) is 0 Å². The first-order valence-corrected chi connectivity index (χ1v) is 3.36. The summed E-state index contributed by atoms with van der Waals surface area (Å²) < 4.78 is 12.5. The monoisotopic (exact) mass is 130 g/mol. The lowest BCUT2D eigenvalue weighted by Crippen LogP contribution is -2.08. The average molecular weight is 130 g/mol. The summed E-state index contributed by atoms with van der Waals surface area (Å²) in [4.78, 5) is 0. The molecule has 0 saturated carbocycles. The smallest absolute Gasteiger partial charge is 0.104 e. The van der Waals surface area contributed by atoms with E-state index >= 15 is 0 Å². The number of allylic oxidation sites excluding steroid dienone is 2. The van der Waals surface area contributed by atoms with Crippen LogP contribution >= 0.6 is 0 Å². The lowest BCUT2D eigenvalue weighted by molar-refractivity contribution is 0.291. The van der Waals surface area contributed by atoms with Crippen molar-refractivity contribution in [3.63, 3.8) is 0 Å². The van der Waals surface area contributed by atoms with E-state index < -0.39 is 6.17 Å². The summed E-state index contributed by atoms with van der Waals surface area (Å²) in [5, 5.41) is 0. The zero-order chi connectivity index (χ0) is 7.44. The van der Waals surface area contributed by atoms with Gasteiger partial charge in [-0.25, -0.2) is 4.39 Å². The van der Waals surface area contributed by atoms with Crippen molar-refractivity contribution in [3.05, 3.63) is 11.6 Å². The zero-order valence-electron chi connectivity index (χ0n) is 6.61.